The minimum atomic E-state index is -0.140. The molecule has 1 fully saturated rings. The topological polar surface area (TPSA) is 59.8 Å². The smallest absolute Gasteiger partial charge is 0.269 e. The molecule has 0 atom stereocenters. The minimum Gasteiger partial charge on any atom is -0.381 e. The Morgan fingerprint density at radius 2 is 2.26 bits per heavy atom. The second-order valence-corrected chi connectivity index (χ2v) is 5.03. The fourth-order valence-electron chi connectivity index (χ4n) is 1.79. The van der Waals surface area contributed by atoms with Crippen LogP contribution in [0.1, 0.15) is 18.4 Å². The molecular weight excluding hydrogens is 264 g/mol. The molecule has 6 heteroatoms. The van der Waals surface area contributed by atoms with Crippen molar-refractivity contribution in [3.8, 4) is 0 Å². The van der Waals surface area contributed by atoms with E-state index in [4.69, 9.17) is 11.6 Å². The molecule has 1 saturated carbocycles. The zero-order valence-corrected chi connectivity index (χ0v) is 11.0. The molecule has 0 saturated heterocycles. The molecule has 19 heavy (non-hydrogen) atoms. The lowest BCUT2D eigenvalue weighted by Crippen LogP contribution is -2.23. The van der Waals surface area contributed by atoms with E-state index >= 15 is 0 Å². The highest BCUT2D eigenvalue weighted by Crippen LogP contribution is 2.23. The Balaban J connectivity index is 1.81. The molecule has 0 aliphatic heterocycles. The maximum absolute atomic E-state index is 12.0. The molecule has 2 aromatic heterocycles. The van der Waals surface area contributed by atoms with Crippen LogP contribution in [-0.2, 0) is 6.54 Å². The SMILES string of the molecule is O=c1cc(NC2CC2)cnn1Cc1ccncc1Cl. The van der Waals surface area contributed by atoms with Crippen LogP contribution < -0.4 is 10.9 Å². The molecule has 1 aliphatic carbocycles. The standard InChI is InChI=1S/C13H13ClN4O/c14-12-7-15-4-3-9(12)8-18-13(19)5-11(6-16-18)17-10-1-2-10/h3-7,10,17H,1-2,8H2. The normalized spacial score (nSPS) is 14.4. The Morgan fingerprint density at radius 3 is 2.95 bits per heavy atom. The van der Waals surface area contributed by atoms with Gasteiger partial charge in [-0.3, -0.25) is 9.78 Å². The molecule has 1 N–H and O–H groups in total. The van der Waals surface area contributed by atoms with Gasteiger partial charge in [-0.05, 0) is 24.5 Å². The summed E-state index contributed by atoms with van der Waals surface area (Å²) >= 11 is 6.02. The molecule has 2 heterocycles. The van der Waals surface area contributed by atoms with Crippen molar-refractivity contribution in [1.82, 2.24) is 14.8 Å². The first-order valence-corrected chi connectivity index (χ1v) is 6.52. The Kier molecular flexibility index (Phi) is 3.21. The Hall–Kier alpha value is -1.88. The summed E-state index contributed by atoms with van der Waals surface area (Å²) in [5, 5.41) is 7.94. The van der Waals surface area contributed by atoms with Gasteiger partial charge in [0.05, 0.1) is 23.5 Å². The fraction of sp³-hybridized carbons (Fsp3) is 0.308. The second-order valence-electron chi connectivity index (χ2n) is 4.63. The molecule has 0 radical (unpaired) electrons. The largest absolute Gasteiger partial charge is 0.381 e. The van der Waals surface area contributed by atoms with Crippen molar-refractivity contribution < 1.29 is 0 Å². The minimum absolute atomic E-state index is 0.140. The Morgan fingerprint density at radius 1 is 1.42 bits per heavy atom. The van der Waals surface area contributed by atoms with E-state index in [1.54, 1.807) is 30.7 Å². The summed E-state index contributed by atoms with van der Waals surface area (Å²) in [5.74, 6) is 0. The number of nitrogens with one attached hydrogen (secondary N) is 1. The van der Waals surface area contributed by atoms with Gasteiger partial charge in [0.2, 0.25) is 0 Å². The number of hydrogen-bond donors (Lipinski definition) is 1. The van der Waals surface area contributed by atoms with Crippen molar-refractivity contribution in [1.29, 1.82) is 0 Å². The average molecular weight is 277 g/mol. The second kappa shape index (κ2) is 5.01. The zero-order chi connectivity index (χ0) is 13.2. The third-order valence-electron chi connectivity index (χ3n) is 2.99. The summed E-state index contributed by atoms with van der Waals surface area (Å²) in [7, 11) is 0. The van der Waals surface area contributed by atoms with Crippen LogP contribution in [0.15, 0.2) is 35.5 Å². The van der Waals surface area contributed by atoms with Gasteiger partial charge in [0.1, 0.15) is 0 Å². The Bertz CT molecular complexity index is 651. The molecule has 1 aliphatic rings. The van der Waals surface area contributed by atoms with Crippen molar-refractivity contribution in [2.45, 2.75) is 25.4 Å². The van der Waals surface area contributed by atoms with Crippen LogP contribution in [0.5, 0.6) is 0 Å². The lowest BCUT2D eigenvalue weighted by molar-refractivity contribution is 0.639. The predicted octanol–water partition coefficient (Wildman–Crippen LogP) is 1.91. The first kappa shape index (κ1) is 12.2. The van der Waals surface area contributed by atoms with E-state index < -0.39 is 0 Å². The van der Waals surface area contributed by atoms with Gasteiger partial charge in [-0.2, -0.15) is 5.10 Å². The van der Waals surface area contributed by atoms with E-state index in [0.717, 1.165) is 24.1 Å². The van der Waals surface area contributed by atoms with E-state index in [0.29, 0.717) is 17.6 Å². The van der Waals surface area contributed by atoms with Crippen molar-refractivity contribution in [3.05, 3.63) is 51.7 Å². The van der Waals surface area contributed by atoms with Gasteiger partial charge in [0, 0.05) is 24.5 Å². The van der Waals surface area contributed by atoms with Gasteiger partial charge in [0.15, 0.2) is 0 Å². The number of pyridine rings is 1. The van der Waals surface area contributed by atoms with Crippen LogP contribution in [0.3, 0.4) is 0 Å². The third-order valence-corrected chi connectivity index (χ3v) is 3.33. The molecule has 0 bridgehead atoms. The quantitative estimate of drug-likeness (QED) is 0.927. The van der Waals surface area contributed by atoms with Crippen molar-refractivity contribution >= 4 is 17.3 Å². The summed E-state index contributed by atoms with van der Waals surface area (Å²) < 4.78 is 1.39. The highest BCUT2D eigenvalue weighted by Gasteiger charge is 2.21. The molecular formula is C13H13ClN4O. The average Bonchev–Trinajstić information content (AvgIpc) is 3.19. The molecule has 2 aromatic rings. The zero-order valence-electron chi connectivity index (χ0n) is 10.2. The number of halogens is 1. The summed E-state index contributed by atoms with van der Waals surface area (Å²) in [6.07, 6.45) is 7.21. The highest BCUT2D eigenvalue weighted by atomic mass is 35.5. The monoisotopic (exact) mass is 276 g/mol. The van der Waals surface area contributed by atoms with Crippen molar-refractivity contribution in [3.63, 3.8) is 0 Å². The van der Waals surface area contributed by atoms with E-state index in [1.165, 1.54) is 4.68 Å². The van der Waals surface area contributed by atoms with Gasteiger partial charge in [0.25, 0.3) is 5.56 Å². The number of hydrogen-bond acceptors (Lipinski definition) is 4. The van der Waals surface area contributed by atoms with Crippen molar-refractivity contribution in [2.24, 2.45) is 0 Å². The number of aromatic nitrogens is 3. The first-order chi connectivity index (χ1) is 9.22. The van der Waals surface area contributed by atoms with Crippen molar-refractivity contribution in [2.75, 3.05) is 5.32 Å². The third kappa shape index (κ3) is 2.93. The fourth-order valence-corrected chi connectivity index (χ4v) is 1.97. The van der Waals surface area contributed by atoms with E-state index in [-0.39, 0.29) is 5.56 Å². The van der Waals surface area contributed by atoms with Gasteiger partial charge < -0.3 is 5.32 Å². The molecule has 3 rings (SSSR count). The van der Waals surface area contributed by atoms with Crippen LogP contribution >= 0.6 is 11.6 Å². The molecule has 98 valence electrons. The van der Waals surface area contributed by atoms with E-state index in [9.17, 15) is 4.79 Å². The summed E-state index contributed by atoms with van der Waals surface area (Å²) in [5.41, 5.74) is 1.47. The summed E-state index contributed by atoms with van der Waals surface area (Å²) in [6.45, 7) is 0.351. The molecule has 0 spiro atoms. The first-order valence-electron chi connectivity index (χ1n) is 6.14. The molecule has 0 aromatic carbocycles. The molecule has 0 unspecified atom stereocenters. The van der Waals surface area contributed by atoms with Crippen LogP contribution in [0.25, 0.3) is 0 Å². The lowest BCUT2D eigenvalue weighted by atomic mass is 10.3. The van der Waals surface area contributed by atoms with E-state index in [1.807, 2.05) is 0 Å². The number of rotatable bonds is 4. The Labute approximate surface area is 115 Å². The molecule has 5 nitrogen and oxygen atoms in total. The predicted molar refractivity (Wildman–Crippen MR) is 73.5 cm³/mol. The lowest BCUT2D eigenvalue weighted by Gasteiger charge is -2.08. The maximum Gasteiger partial charge on any atom is 0.269 e. The van der Waals surface area contributed by atoms with Gasteiger partial charge >= 0.3 is 0 Å². The molecule has 0 amide bonds. The number of anilines is 1. The number of nitrogens with zero attached hydrogens (tertiary/aromatic N) is 3. The van der Waals surface area contributed by atoms with Crippen LogP contribution in [0.4, 0.5) is 5.69 Å². The van der Waals surface area contributed by atoms with Crippen LogP contribution in [0, 0.1) is 0 Å². The van der Waals surface area contributed by atoms with Gasteiger partial charge in [-0.25, -0.2) is 4.68 Å². The van der Waals surface area contributed by atoms with Gasteiger partial charge in [-0.1, -0.05) is 11.6 Å². The maximum atomic E-state index is 12.0. The summed E-state index contributed by atoms with van der Waals surface area (Å²) in [6, 6.07) is 3.86. The van der Waals surface area contributed by atoms with Crippen LogP contribution in [0.2, 0.25) is 5.02 Å². The van der Waals surface area contributed by atoms with E-state index in [2.05, 4.69) is 15.4 Å². The van der Waals surface area contributed by atoms with Gasteiger partial charge in [-0.15, -0.1) is 0 Å². The summed E-state index contributed by atoms with van der Waals surface area (Å²) in [4.78, 5) is 15.9. The van der Waals surface area contributed by atoms with Crippen LogP contribution in [-0.4, -0.2) is 20.8 Å². The highest BCUT2D eigenvalue weighted by molar-refractivity contribution is 6.31.